The maximum atomic E-state index is 11.3. The minimum Gasteiger partial charge on any atom is -0.508 e. The van der Waals surface area contributed by atoms with Crippen molar-refractivity contribution in [1.82, 2.24) is 9.78 Å². The molecule has 0 aliphatic heterocycles. The van der Waals surface area contributed by atoms with E-state index in [1.807, 2.05) is 6.92 Å². The SMILES string of the molecule is COC(=O)c1cc(C)n(-c2cccc(O)c2)n1. The Kier molecular flexibility index (Phi) is 2.82. The first-order valence-electron chi connectivity index (χ1n) is 5.06. The zero-order chi connectivity index (χ0) is 12.4. The molecule has 0 saturated heterocycles. The smallest absolute Gasteiger partial charge is 0.358 e. The molecule has 1 aromatic heterocycles. The highest BCUT2D eigenvalue weighted by Crippen LogP contribution is 2.17. The van der Waals surface area contributed by atoms with Crippen LogP contribution in [0, 0.1) is 6.92 Å². The average molecular weight is 232 g/mol. The van der Waals surface area contributed by atoms with Crippen molar-refractivity contribution in [3.63, 3.8) is 0 Å². The standard InChI is InChI=1S/C12H12N2O3/c1-8-6-11(12(16)17-2)13-14(8)9-4-3-5-10(15)7-9/h3-7,15H,1-2H3. The lowest BCUT2D eigenvalue weighted by molar-refractivity contribution is 0.0593. The zero-order valence-corrected chi connectivity index (χ0v) is 9.54. The molecule has 17 heavy (non-hydrogen) atoms. The van der Waals surface area contributed by atoms with Crippen LogP contribution in [-0.4, -0.2) is 28.0 Å². The molecule has 0 aliphatic rings. The Morgan fingerprint density at radius 3 is 2.82 bits per heavy atom. The Morgan fingerprint density at radius 1 is 1.41 bits per heavy atom. The van der Waals surface area contributed by atoms with Crippen LogP contribution < -0.4 is 0 Å². The summed E-state index contributed by atoms with van der Waals surface area (Å²) in [6.07, 6.45) is 0. The van der Waals surface area contributed by atoms with Crippen molar-refractivity contribution >= 4 is 5.97 Å². The molecule has 2 rings (SSSR count). The van der Waals surface area contributed by atoms with E-state index in [0.29, 0.717) is 5.69 Å². The van der Waals surface area contributed by atoms with Gasteiger partial charge in [0, 0.05) is 11.8 Å². The second-order valence-electron chi connectivity index (χ2n) is 3.59. The number of methoxy groups -OCH3 is 1. The number of phenols is 1. The molecule has 5 heteroatoms. The number of esters is 1. The van der Waals surface area contributed by atoms with Crippen LogP contribution >= 0.6 is 0 Å². The third-order valence-electron chi connectivity index (χ3n) is 2.36. The molecule has 2 aromatic rings. The predicted octanol–water partition coefficient (Wildman–Crippen LogP) is 1.67. The number of hydrogen-bond acceptors (Lipinski definition) is 4. The van der Waals surface area contributed by atoms with Crippen LogP contribution in [-0.2, 0) is 4.74 Å². The van der Waals surface area contributed by atoms with Gasteiger partial charge in [0.2, 0.25) is 0 Å². The van der Waals surface area contributed by atoms with Gasteiger partial charge in [0.25, 0.3) is 0 Å². The molecule has 88 valence electrons. The van der Waals surface area contributed by atoms with Crippen molar-refractivity contribution in [1.29, 1.82) is 0 Å². The van der Waals surface area contributed by atoms with E-state index < -0.39 is 5.97 Å². The molecule has 1 aromatic carbocycles. The van der Waals surface area contributed by atoms with E-state index in [1.165, 1.54) is 7.11 Å². The largest absolute Gasteiger partial charge is 0.508 e. The third-order valence-corrected chi connectivity index (χ3v) is 2.36. The Labute approximate surface area is 98.3 Å². The highest BCUT2D eigenvalue weighted by atomic mass is 16.5. The average Bonchev–Trinajstić information content (AvgIpc) is 2.70. The van der Waals surface area contributed by atoms with E-state index in [2.05, 4.69) is 9.84 Å². The van der Waals surface area contributed by atoms with Crippen LogP contribution in [0.1, 0.15) is 16.2 Å². The van der Waals surface area contributed by atoms with Gasteiger partial charge >= 0.3 is 5.97 Å². The Morgan fingerprint density at radius 2 is 2.18 bits per heavy atom. The van der Waals surface area contributed by atoms with Gasteiger partial charge in [0.05, 0.1) is 12.8 Å². The molecular weight excluding hydrogens is 220 g/mol. The number of hydrogen-bond donors (Lipinski definition) is 1. The van der Waals surface area contributed by atoms with Crippen LogP contribution in [0.3, 0.4) is 0 Å². The summed E-state index contributed by atoms with van der Waals surface area (Å²) in [5.74, 6) is -0.330. The number of aryl methyl sites for hydroxylation is 1. The van der Waals surface area contributed by atoms with Gasteiger partial charge in [-0.2, -0.15) is 5.10 Å². The van der Waals surface area contributed by atoms with Crippen molar-refractivity contribution in [2.75, 3.05) is 7.11 Å². The summed E-state index contributed by atoms with van der Waals surface area (Å²) in [4.78, 5) is 11.3. The zero-order valence-electron chi connectivity index (χ0n) is 9.54. The van der Waals surface area contributed by atoms with E-state index in [0.717, 1.165) is 5.69 Å². The summed E-state index contributed by atoms with van der Waals surface area (Å²) in [5.41, 5.74) is 1.72. The summed E-state index contributed by atoms with van der Waals surface area (Å²) in [6.45, 7) is 1.82. The lowest BCUT2D eigenvalue weighted by Gasteiger charge is -2.03. The normalized spacial score (nSPS) is 10.2. The van der Waals surface area contributed by atoms with Crippen molar-refractivity contribution in [3.05, 3.63) is 41.7 Å². The van der Waals surface area contributed by atoms with Gasteiger partial charge in [0.15, 0.2) is 5.69 Å². The summed E-state index contributed by atoms with van der Waals surface area (Å²) in [5, 5.41) is 13.5. The molecule has 0 saturated carbocycles. The topological polar surface area (TPSA) is 64.3 Å². The molecule has 0 aliphatic carbocycles. The van der Waals surface area contributed by atoms with Crippen LogP contribution in [0.5, 0.6) is 5.75 Å². The summed E-state index contributed by atoms with van der Waals surface area (Å²) in [7, 11) is 1.31. The highest BCUT2D eigenvalue weighted by molar-refractivity contribution is 5.87. The van der Waals surface area contributed by atoms with E-state index >= 15 is 0 Å². The summed E-state index contributed by atoms with van der Waals surface area (Å²) >= 11 is 0. The molecule has 1 heterocycles. The maximum absolute atomic E-state index is 11.3. The van der Waals surface area contributed by atoms with Gasteiger partial charge in [-0.25, -0.2) is 9.48 Å². The third kappa shape index (κ3) is 2.13. The van der Waals surface area contributed by atoms with Crippen LogP contribution in [0.2, 0.25) is 0 Å². The van der Waals surface area contributed by atoms with E-state index in [1.54, 1.807) is 35.0 Å². The summed E-state index contributed by atoms with van der Waals surface area (Å²) < 4.78 is 6.18. The molecule has 5 nitrogen and oxygen atoms in total. The van der Waals surface area contributed by atoms with Gasteiger partial charge in [-0.3, -0.25) is 0 Å². The first-order chi connectivity index (χ1) is 8.11. The first kappa shape index (κ1) is 11.2. The second-order valence-corrected chi connectivity index (χ2v) is 3.59. The van der Waals surface area contributed by atoms with Crippen LogP contribution in [0.25, 0.3) is 5.69 Å². The van der Waals surface area contributed by atoms with E-state index in [4.69, 9.17) is 0 Å². The number of nitrogens with zero attached hydrogens (tertiary/aromatic N) is 2. The van der Waals surface area contributed by atoms with Gasteiger partial charge in [0.1, 0.15) is 5.75 Å². The molecule has 0 amide bonds. The minimum absolute atomic E-state index is 0.150. The van der Waals surface area contributed by atoms with E-state index in [9.17, 15) is 9.90 Å². The summed E-state index contributed by atoms with van der Waals surface area (Å²) in [6, 6.07) is 8.28. The van der Waals surface area contributed by atoms with Crippen molar-refractivity contribution in [3.8, 4) is 11.4 Å². The molecule has 0 bridgehead atoms. The number of rotatable bonds is 2. The minimum atomic E-state index is -0.480. The molecule has 0 atom stereocenters. The van der Waals surface area contributed by atoms with Gasteiger partial charge in [-0.05, 0) is 25.1 Å². The molecule has 1 N–H and O–H groups in total. The number of ether oxygens (including phenoxy) is 1. The maximum Gasteiger partial charge on any atom is 0.358 e. The Balaban J connectivity index is 2.46. The quantitative estimate of drug-likeness (QED) is 0.800. The van der Waals surface area contributed by atoms with Crippen molar-refractivity contribution < 1.29 is 14.6 Å². The van der Waals surface area contributed by atoms with Gasteiger partial charge in [-0.1, -0.05) is 6.07 Å². The Bertz CT molecular complexity index is 561. The lowest BCUT2D eigenvalue weighted by atomic mass is 10.3. The molecule has 0 radical (unpaired) electrons. The lowest BCUT2D eigenvalue weighted by Crippen LogP contribution is -2.04. The van der Waals surface area contributed by atoms with Crippen LogP contribution in [0.4, 0.5) is 0 Å². The monoisotopic (exact) mass is 232 g/mol. The predicted molar refractivity (Wildman–Crippen MR) is 61.3 cm³/mol. The fourth-order valence-corrected chi connectivity index (χ4v) is 1.56. The molecule has 0 unspecified atom stereocenters. The first-order valence-corrected chi connectivity index (χ1v) is 5.06. The molecular formula is C12H12N2O3. The van der Waals surface area contributed by atoms with E-state index in [-0.39, 0.29) is 11.4 Å². The number of carbonyl (C=O) groups is 1. The van der Waals surface area contributed by atoms with Gasteiger partial charge in [-0.15, -0.1) is 0 Å². The number of benzene rings is 1. The highest BCUT2D eigenvalue weighted by Gasteiger charge is 2.13. The van der Waals surface area contributed by atoms with Crippen LogP contribution in [0.15, 0.2) is 30.3 Å². The fourth-order valence-electron chi connectivity index (χ4n) is 1.56. The number of carbonyl (C=O) groups excluding carboxylic acids is 1. The number of phenolic OH excluding ortho intramolecular Hbond substituents is 1. The van der Waals surface area contributed by atoms with Gasteiger partial charge < -0.3 is 9.84 Å². The Hall–Kier alpha value is -2.30. The molecule has 0 spiro atoms. The number of aromatic hydroxyl groups is 1. The second kappa shape index (κ2) is 4.29. The van der Waals surface area contributed by atoms with Crippen molar-refractivity contribution in [2.45, 2.75) is 6.92 Å². The van der Waals surface area contributed by atoms with Crippen molar-refractivity contribution in [2.24, 2.45) is 0 Å². The molecule has 0 fully saturated rings. The number of aromatic nitrogens is 2. The fraction of sp³-hybridized carbons (Fsp3) is 0.167.